The van der Waals surface area contributed by atoms with E-state index >= 15 is 0 Å². The largest absolute Gasteiger partial charge is 0.465 e. The van der Waals surface area contributed by atoms with E-state index in [0.717, 1.165) is 24.3 Å². The van der Waals surface area contributed by atoms with Crippen molar-refractivity contribution in [2.75, 3.05) is 38.2 Å². The first-order chi connectivity index (χ1) is 11.7. The molecule has 0 saturated carbocycles. The average molecular weight is 413 g/mol. The molecule has 0 unspecified atom stereocenters. The average Bonchev–Trinajstić information content (AvgIpc) is 2.59. The molecule has 1 aromatic carbocycles. The molecule has 1 amide bonds. The number of halogens is 1. The molecular formula is C18H25BrN2O4. The lowest BCUT2D eigenvalue weighted by atomic mass is 10.1. The first-order valence-electron chi connectivity index (χ1n) is 8.25. The zero-order chi connectivity index (χ0) is 18.6. The zero-order valence-electron chi connectivity index (χ0n) is 15.2. The first-order valence-corrected chi connectivity index (χ1v) is 9.37. The predicted octanol–water partition coefficient (Wildman–Crippen LogP) is 3.43. The van der Waals surface area contributed by atoms with Crippen LogP contribution in [0.4, 0.5) is 10.5 Å². The molecule has 1 saturated heterocycles. The molecule has 1 aliphatic rings. The van der Waals surface area contributed by atoms with Gasteiger partial charge in [-0.3, -0.25) is 0 Å². The van der Waals surface area contributed by atoms with E-state index in [-0.39, 0.29) is 12.1 Å². The zero-order valence-corrected chi connectivity index (χ0v) is 16.8. The van der Waals surface area contributed by atoms with Gasteiger partial charge in [0, 0.05) is 37.2 Å². The van der Waals surface area contributed by atoms with Gasteiger partial charge < -0.3 is 19.3 Å². The summed E-state index contributed by atoms with van der Waals surface area (Å²) >= 11 is 3.42. The summed E-state index contributed by atoms with van der Waals surface area (Å²) in [5, 5.41) is 0.573. The highest BCUT2D eigenvalue weighted by Crippen LogP contribution is 2.24. The van der Waals surface area contributed by atoms with E-state index in [1.807, 2.05) is 32.9 Å². The molecule has 1 fully saturated rings. The molecule has 0 radical (unpaired) electrons. The van der Waals surface area contributed by atoms with E-state index < -0.39 is 5.60 Å². The van der Waals surface area contributed by atoms with Crippen LogP contribution in [0.3, 0.4) is 0 Å². The minimum absolute atomic E-state index is 0.269. The number of carbonyl (C=O) groups is 2. The Morgan fingerprint density at radius 1 is 1.16 bits per heavy atom. The molecule has 1 aromatic rings. The van der Waals surface area contributed by atoms with Gasteiger partial charge in [-0.2, -0.15) is 0 Å². The standard InChI is InChI=1S/C18H25BrN2O4/c1-18(2,3)25-17(23)21-9-7-20(8-10-21)14-5-6-15(16(22)24-4)13(11-14)12-19/h5-6,11H,7-10,12H2,1-4H3. The maximum atomic E-state index is 12.1. The number of nitrogens with zero attached hydrogens (tertiary/aromatic N) is 2. The van der Waals surface area contributed by atoms with Crippen molar-refractivity contribution < 1.29 is 19.1 Å². The second-order valence-electron chi connectivity index (χ2n) is 6.92. The summed E-state index contributed by atoms with van der Waals surface area (Å²) in [4.78, 5) is 27.9. The van der Waals surface area contributed by atoms with Gasteiger partial charge in [0.05, 0.1) is 12.7 Å². The smallest absolute Gasteiger partial charge is 0.410 e. The van der Waals surface area contributed by atoms with Crippen LogP contribution in [0, 0.1) is 0 Å². The summed E-state index contributed by atoms with van der Waals surface area (Å²) in [6.45, 7) is 8.26. The Hall–Kier alpha value is -1.76. The predicted molar refractivity (Wildman–Crippen MR) is 100 cm³/mol. The summed E-state index contributed by atoms with van der Waals surface area (Å²) in [7, 11) is 1.38. The van der Waals surface area contributed by atoms with Crippen molar-refractivity contribution >= 4 is 33.7 Å². The number of methoxy groups -OCH3 is 1. The number of hydrogen-bond acceptors (Lipinski definition) is 5. The Balaban J connectivity index is 2.03. The van der Waals surface area contributed by atoms with E-state index in [2.05, 4.69) is 20.8 Å². The molecule has 1 heterocycles. The number of amides is 1. The highest BCUT2D eigenvalue weighted by molar-refractivity contribution is 9.08. The Morgan fingerprint density at radius 3 is 2.32 bits per heavy atom. The second kappa shape index (κ2) is 8.08. The first kappa shape index (κ1) is 19.6. The lowest BCUT2D eigenvalue weighted by Crippen LogP contribution is -2.50. The molecule has 6 nitrogen and oxygen atoms in total. The van der Waals surface area contributed by atoms with Gasteiger partial charge in [-0.15, -0.1) is 0 Å². The van der Waals surface area contributed by atoms with Gasteiger partial charge in [0.15, 0.2) is 0 Å². The second-order valence-corrected chi connectivity index (χ2v) is 7.48. The van der Waals surface area contributed by atoms with Crippen LogP contribution in [0.25, 0.3) is 0 Å². The van der Waals surface area contributed by atoms with Crippen molar-refractivity contribution in [3.63, 3.8) is 0 Å². The van der Waals surface area contributed by atoms with E-state index in [1.165, 1.54) is 7.11 Å². The molecule has 2 rings (SSSR count). The molecule has 25 heavy (non-hydrogen) atoms. The highest BCUT2D eigenvalue weighted by atomic mass is 79.9. The maximum Gasteiger partial charge on any atom is 0.410 e. The van der Waals surface area contributed by atoms with Gasteiger partial charge in [0.1, 0.15) is 5.60 Å². The third kappa shape index (κ3) is 5.11. The summed E-state index contributed by atoms with van der Waals surface area (Å²) in [6, 6.07) is 5.70. The molecule has 7 heteroatoms. The van der Waals surface area contributed by atoms with Gasteiger partial charge in [-0.25, -0.2) is 9.59 Å². The molecule has 0 spiro atoms. The van der Waals surface area contributed by atoms with Crippen LogP contribution >= 0.6 is 15.9 Å². The topological polar surface area (TPSA) is 59.1 Å². The fourth-order valence-corrected chi connectivity index (χ4v) is 3.13. The number of rotatable bonds is 3. The van der Waals surface area contributed by atoms with Crippen molar-refractivity contribution in [1.82, 2.24) is 4.90 Å². The minimum Gasteiger partial charge on any atom is -0.465 e. The Bertz CT molecular complexity index is 634. The number of esters is 1. The van der Waals surface area contributed by atoms with Crippen molar-refractivity contribution in [3.05, 3.63) is 29.3 Å². The highest BCUT2D eigenvalue weighted by Gasteiger charge is 2.26. The van der Waals surface area contributed by atoms with Crippen molar-refractivity contribution in [2.24, 2.45) is 0 Å². The van der Waals surface area contributed by atoms with Gasteiger partial charge >= 0.3 is 12.1 Å². The lowest BCUT2D eigenvalue weighted by molar-refractivity contribution is 0.0240. The fraction of sp³-hybridized carbons (Fsp3) is 0.556. The Kier molecular flexibility index (Phi) is 6.32. The molecular weight excluding hydrogens is 388 g/mol. The summed E-state index contributed by atoms with van der Waals surface area (Å²) in [5.41, 5.74) is 2.00. The number of alkyl halides is 1. The monoisotopic (exact) mass is 412 g/mol. The number of piperazine rings is 1. The molecule has 0 atom stereocenters. The van der Waals surface area contributed by atoms with Crippen LogP contribution in [-0.2, 0) is 14.8 Å². The van der Waals surface area contributed by atoms with Crippen LogP contribution in [0.5, 0.6) is 0 Å². The Morgan fingerprint density at radius 2 is 1.80 bits per heavy atom. The number of hydrogen-bond donors (Lipinski definition) is 0. The number of benzene rings is 1. The SMILES string of the molecule is COC(=O)c1ccc(N2CCN(C(=O)OC(C)(C)C)CC2)cc1CBr. The molecule has 0 N–H and O–H groups in total. The normalized spacial score (nSPS) is 15.1. The van der Waals surface area contributed by atoms with Crippen LogP contribution in [-0.4, -0.2) is 55.9 Å². The molecule has 0 bridgehead atoms. The molecule has 0 aromatic heterocycles. The van der Waals surface area contributed by atoms with Crippen LogP contribution in [0.15, 0.2) is 18.2 Å². The molecule has 1 aliphatic heterocycles. The van der Waals surface area contributed by atoms with E-state index in [1.54, 1.807) is 11.0 Å². The maximum absolute atomic E-state index is 12.1. The Labute approximate surface area is 157 Å². The van der Waals surface area contributed by atoms with Crippen molar-refractivity contribution in [1.29, 1.82) is 0 Å². The van der Waals surface area contributed by atoms with Gasteiger partial charge in [0.2, 0.25) is 0 Å². The quantitative estimate of drug-likeness (QED) is 0.562. The van der Waals surface area contributed by atoms with Gasteiger partial charge in [-0.1, -0.05) is 15.9 Å². The van der Waals surface area contributed by atoms with Crippen LogP contribution in [0.2, 0.25) is 0 Å². The summed E-state index contributed by atoms with van der Waals surface area (Å²) in [5.74, 6) is -0.337. The van der Waals surface area contributed by atoms with Gasteiger partial charge in [-0.05, 0) is 44.5 Å². The minimum atomic E-state index is -0.483. The molecule has 138 valence electrons. The van der Waals surface area contributed by atoms with Crippen LogP contribution in [0.1, 0.15) is 36.7 Å². The van der Waals surface area contributed by atoms with Crippen LogP contribution < -0.4 is 4.90 Å². The number of carbonyl (C=O) groups excluding carboxylic acids is 2. The lowest BCUT2D eigenvalue weighted by Gasteiger charge is -2.37. The van der Waals surface area contributed by atoms with E-state index in [4.69, 9.17) is 9.47 Å². The van der Waals surface area contributed by atoms with E-state index in [0.29, 0.717) is 24.0 Å². The summed E-state index contributed by atoms with van der Waals surface area (Å²) in [6.07, 6.45) is -0.269. The third-order valence-electron chi connectivity index (χ3n) is 3.93. The number of ether oxygens (including phenoxy) is 2. The van der Waals surface area contributed by atoms with Crippen molar-refractivity contribution in [2.45, 2.75) is 31.7 Å². The number of anilines is 1. The van der Waals surface area contributed by atoms with Gasteiger partial charge in [0.25, 0.3) is 0 Å². The van der Waals surface area contributed by atoms with Crippen molar-refractivity contribution in [3.8, 4) is 0 Å². The summed E-state index contributed by atoms with van der Waals surface area (Å²) < 4.78 is 10.2. The third-order valence-corrected chi connectivity index (χ3v) is 4.54. The van der Waals surface area contributed by atoms with E-state index in [9.17, 15) is 9.59 Å². The fourth-order valence-electron chi connectivity index (χ4n) is 2.67. The molecule has 0 aliphatic carbocycles.